The highest BCUT2D eigenvalue weighted by molar-refractivity contribution is 5.92. The molecule has 1 unspecified atom stereocenters. The third-order valence-corrected chi connectivity index (χ3v) is 5.83. The summed E-state index contributed by atoms with van der Waals surface area (Å²) in [6, 6.07) is 6.08. The lowest BCUT2D eigenvalue weighted by molar-refractivity contribution is -0.125. The van der Waals surface area contributed by atoms with Crippen molar-refractivity contribution in [3.63, 3.8) is 0 Å². The van der Waals surface area contributed by atoms with Crippen molar-refractivity contribution >= 4 is 22.6 Å². The molecule has 0 bridgehead atoms. The molecule has 2 aromatic rings. The van der Waals surface area contributed by atoms with E-state index in [1.807, 2.05) is 12.1 Å². The van der Waals surface area contributed by atoms with Crippen LogP contribution in [0.3, 0.4) is 0 Å². The van der Waals surface area contributed by atoms with E-state index in [0.717, 1.165) is 50.2 Å². The Kier molecular flexibility index (Phi) is 5.14. The van der Waals surface area contributed by atoms with Crippen LogP contribution in [-0.4, -0.2) is 60.0 Å². The van der Waals surface area contributed by atoms with E-state index >= 15 is 0 Å². The topological polar surface area (TPSA) is 85.2 Å². The Labute approximate surface area is 165 Å². The summed E-state index contributed by atoms with van der Waals surface area (Å²) in [6.45, 7) is 5.69. The minimum Gasteiger partial charge on any atom is -0.367 e. The van der Waals surface area contributed by atoms with Crippen LogP contribution >= 0.6 is 0 Å². The summed E-state index contributed by atoms with van der Waals surface area (Å²) in [6.07, 6.45) is 5.19. The zero-order valence-electron chi connectivity index (χ0n) is 16.4. The Morgan fingerprint density at radius 3 is 2.71 bits per heavy atom. The van der Waals surface area contributed by atoms with Crippen LogP contribution in [0.25, 0.3) is 11.0 Å². The number of benzene rings is 1. The maximum atomic E-state index is 12.7. The summed E-state index contributed by atoms with van der Waals surface area (Å²) >= 11 is 0. The van der Waals surface area contributed by atoms with Crippen molar-refractivity contribution in [2.24, 2.45) is 11.8 Å². The van der Waals surface area contributed by atoms with Gasteiger partial charge in [0, 0.05) is 38.1 Å². The first-order chi connectivity index (χ1) is 13.5. The number of piperidine rings is 1. The molecule has 3 heterocycles. The summed E-state index contributed by atoms with van der Waals surface area (Å²) in [4.78, 5) is 26.0. The van der Waals surface area contributed by atoms with E-state index in [-0.39, 0.29) is 17.9 Å². The summed E-state index contributed by atoms with van der Waals surface area (Å²) in [5.41, 5.74) is 2.90. The quantitative estimate of drug-likeness (QED) is 0.876. The molecule has 2 aliphatic rings. The summed E-state index contributed by atoms with van der Waals surface area (Å²) in [7, 11) is 2.06. The molecule has 7 heteroatoms. The van der Waals surface area contributed by atoms with E-state index in [1.165, 1.54) is 0 Å². The SMILES string of the molecule is C[C@H]1C[C@@H](NC(=O)C2CCN(C)C2)CN(c2ccc(C#N)c3nccnc23)C1. The van der Waals surface area contributed by atoms with E-state index in [0.29, 0.717) is 17.0 Å². The molecule has 146 valence electrons. The molecule has 0 aliphatic carbocycles. The van der Waals surface area contributed by atoms with Crippen LogP contribution < -0.4 is 10.2 Å². The number of likely N-dealkylation sites (tertiary alicyclic amines) is 1. The maximum Gasteiger partial charge on any atom is 0.224 e. The van der Waals surface area contributed by atoms with Crippen LogP contribution in [0.4, 0.5) is 5.69 Å². The van der Waals surface area contributed by atoms with Crippen molar-refractivity contribution in [2.45, 2.75) is 25.8 Å². The standard InChI is InChI=1S/C21H26N6O/c1-14-9-17(25-21(28)16-5-8-26(2)12-16)13-27(11-14)18-4-3-15(10-22)19-20(18)24-7-6-23-19/h3-4,6-7,14,16-17H,5,8-9,11-13H2,1-2H3,(H,25,28)/t14-,16?,17+/m0/s1. The van der Waals surface area contributed by atoms with E-state index in [2.05, 4.69) is 45.1 Å². The number of amides is 1. The highest BCUT2D eigenvalue weighted by Crippen LogP contribution is 2.30. The number of nitriles is 1. The molecule has 1 N–H and O–H groups in total. The van der Waals surface area contributed by atoms with Crippen LogP contribution in [-0.2, 0) is 4.79 Å². The lowest BCUT2D eigenvalue weighted by Crippen LogP contribution is -2.52. The normalized spacial score (nSPS) is 25.6. The van der Waals surface area contributed by atoms with E-state index in [4.69, 9.17) is 0 Å². The van der Waals surface area contributed by atoms with Crippen LogP contribution in [0.5, 0.6) is 0 Å². The summed E-state index contributed by atoms with van der Waals surface area (Å²) < 4.78 is 0. The number of rotatable bonds is 3. The van der Waals surface area contributed by atoms with Crippen molar-refractivity contribution in [3.05, 3.63) is 30.1 Å². The number of hydrogen-bond donors (Lipinski definition) is 1. The predicted molar refractivity (Wildman–Crippen MR) is 108 cm³/mol. The molecular weight excluding hydrogens is 352 g/mol. The number of anilines is 1. The Morgan fingerprint density at radius 1 is 1.21 bits per heavy atom. The molecule has 0 spiro atoms. The highest BCUT2D eigenvalue weighted by Gasteiger charge is 2.31. The number of carbonyl (C=O) groups is 1. The molecule has 1 aromatic heterocycles. The van der Waals surface area contributed by atoms with Crippen molar-refractivity contribution in [3.8, 4) is 6.07 Å². The number of aromatic nitrogens is 2. The maximum absolute atomic E-state index is 12.7. The largest absolute Gasteiger partial charge is 0.367 e. The van der Waals surface area contributed by atoms with Gasteiger partial charge in [0.05, 0.1) is 17.2 Å². The van der Waals surface area contributed by atoms with Gasteiger partial charge in [-0.25, -0.2) is 0 Å². The Bertz CT molecular complexity index is 923. The van der Waals surface area contributed by atoms with Crippen LogP contribution in [0.2, 0.25) is 0 Å². The van der Waals surface area contributed by atoms with E-state index < -0.39 is 0 Å². The second-order valence-electron chi connectivity index (χ2n) is 8.20. The molecule has 7 nitrogen and oxygen atoms in total. The average Bonchev–Trinajstić information content (AvgIpc) is 3.13. The molecule has 2 saturated heterocycles. The van der Waals surface area contributed by atoms with Gasteiger partial charge in [-0.1, -0.05) is 6.92 Å². The number of carbonyl (C=O) groups excluding carboxylic acids is 1. The average molecular weight is 378 g/mol. The molecule has 0 radical (unpaired) electrons. The first kappa shape index (κ1) is 18.6. The molecule has 28 heavy (non-hydrogen) atoms. The second kappa shape index (κ2) is 7.72. The van der Waals surface area contributed by atoms with Crippen LogP contribution in [0, 0.1) is 23.2 Å². The van der Waals surface area contributed by atoms with Gasteiger partial charge in [0.1, 0.15) is 17.1 Å². The Morgan fingerprint density at radius 2 is 2.00 bits per heavy atom. The number of nitrogens with one attached hydrogen (secondary N) is 1. The number of nitrogens with zero attached hydrogens (tertiary/aromatic N) is 5. The third-order valence-electron chi connectivity index (χ3n) is 5.83. The molecule has 3 atom stereocenters. The Balaban J connectivity index is 1.55. The second-order valence-corrected chi connectivity index (χ2v) is 8.20. The molecule has 1 aromatic carbocycles. The fourth-order valence-electron chi connectivity index (χ4n) is 4.51. The molecule has 0 saturated carbocycles. The Hall–Kier alpha value is -2.72. The summed E-state index contributed by atoms with van der Waals surface area (Å²) in [5.74, 6) is 0.720. The summed E-state index contributed by atoms with van der Waals surface area (Å²) in [5, 5.41) is 12.6. The molecular formula is C21H26N6O. The molecule has 2 aliphatic heterocycles. The van der Waals surface area contributed by atoms with Crippen molar-refractivity contribution < 1.29 is 4.79 Å². The molecule has 4 rings (SSSR count). The van der Waals surface area contributed by atoms with Crippen LogP contribution in [0.1, 0.15) is 25.3 Å². The van der Waals surface area contributed by atoms with E-state index in [1.54, 1.807) is 12.4 Å². The van der Waals surface area contributed by atoms with Crippen molar-refractivity contribution in [1.82, 2.24) is 20.2 Å². The monoisotopic (exact) mass is 378 g/mol. The smallest absolute Gasteiger partial charge is 0.224 e. The molecule has 2 fully saturated rings. The number of fused-ring (bicyclic) bond motifs is 1. The predicted octanol–water partition coefficient (Wildman–Crippen LogP) is 1.78. The van der Waals surface area contributed by atoms with E-state index in [9.17, 15) is 10.1 Å². The van der Waals surface area contributed by atoms with Gasteiger partial charge in [-0.15, -0.1) is 0 Å². The van der Waals surface area contributed by atoms with Gasteiger partial charge >= 0.3 is 0 Å². The third kappa shape index (κ3) is 3.65. The minimum atomic E-state index is 0.0947. The highest BCUT2D eigenvalue weighted by atomic mass is 16.2. The van der Waals surface area contributed by atoms with Gasteiger partial charge in [0.15, 0.2) is 0 Å². The lowest BCUT2D eigenvalue weighted by Gasteiger charge is -2.38. The zero-order chi connectivity index (χ0) is 19.7. The van der Waals surface area contributed by atoms with Crippen molar-refractivity contribution in [2.75, 3.05) is 38.1 Å². The van der Waals surface area contributed by atoms with Gasteiger partial charge in [0.25, 0.3) is 0 Å². The van der Waals surface area contributed by atoms with Gasteiger partial charge in [0.2, 0.25) is 5.91 Å². The van der Waals surface area contributed by atoms with Crippen molar-refractivity contribution in [1.29, 1.82) is 5.26 Å². The fraction of sp³-hybridized carbons (Fsp3) is 0.524. The van der Waals surface area contributed by atoms with Crippen LogP contribution in [0.15, 0.2) is 24.5 Å². The zero-order valence-corrected chi connectivity index (χ0v) is 16.4. The lowest BCUT2D eigenvalue weighted by atomic mass is 9.94. The van der Waals surface area contributed by atoms with Gasteiger partial charge in [-0.2, -0.15) is 5.26 Å². The molecule has 1 amide bonds. The first-order valence-corrected chi connectivity index (χ1v) is 9.93. The van der Waals surface area contributed by atoms with Gasteiger partial charge < -0.3 is 15.1 Å². The van der Waals surface area contributed by atoms with Gasteiger partial charge in [-0.05, 0) is 44.5 Å². The fourth-order valence-corrected chi connectivity index (χ4v) is 4.51. The van der Waals surface area contributed by atoms with Gasteiger partial charge in [-0.3, -0.25) is 14.8 Å². The minimum absolute atomic E-state index is 0.0947. The first-order valence-electron chi connectivity index (χ1n) is 9.93. The number of hydrogen-bond acceptors (Lipinski definition) is 6.